The van der Waals surface area contributed by atoms with Crippen LogP contribution in [-0.2, 0) is 22.9 Å². The smallest absolute Gasteiger partial charge is 0.255 e. The lowest BCUT2D eigenvalue weighted by Crippen LogP contribution is -2.33. The van der Waals surface area contributed by atoms with Gasteiger partial charge in [0.25, 0.3) is 5.91 Å². The largest absolute Gasteiger partial charge is 0.322 e. The lowest BCUT2D eigenvalue weighted by atomic mass is 9.87. The van der Waals surface area contributed by atoms with Crippen LogP contribution in [0, 0.1) is 6.92 Å². The molecule has 2 aromatic rings. The average molecular weight is 401 g/mol. The van der Waals surface area contributed by atoms with Crippen LogP contribution < -0.4 is 10.0 Å². The van der Waals surface area contributed by atoms with Gasteiger partial charge in [-0.2, -0.15) is 0 Å². The van der Waals surface area contributed by atoms with Gasteiger partial charge >= 0.3 is 0 Å². The second kappa shape index (κ2) is 7.59. The number of fused-ring (bicyclic) bond motifs is 1. The molecule has 2 aromatic carbocycles. The molecule has 0 saturated heterocycles. The van der Waals surface area contributed by atoms with Gasteiger partial charge in [-0.25, -0.2) is 8.42 Å². The Morgan fingerprint density at radius 2 is 1.54 bits per heavy atom. The van der Waals surface area contributed by atoms with E-state index < -0.39 is 14.8 Å². The first-order valence-electron chi connectivity index (χ1n) is 9.63. The van der Waals surface area contributed by atoms with Crippen LogP contribution in [0.1, 0.15) is 60.7 Å². The van der Waals surface area contributed by atoms with Crippen molar-refractivity contribution in [1.82, 2.24) is 0 Å². The zero-order chi connectivity index (χ0) is 20.5. The number of anilines is 2. The van der Waals surface area contributed by atoms with Crippen LogP contribution in [0.3, 0.4) is 0 Å². The van der Waals surface area contributed by atoms with E-state index in [0.29, 0.717) is 11.3 Å². The molecule has 0 aromatic heterocycles. The van der Waals surface area contributed by atoms with Crippen molar-refractivity contribution in [2.24, 2.45) is 0 Å². The third kappa shape index (κ3) is 4.22. The summed E-state index contributed by atoms with van der Waals surface area (Å²) in [5.41, 5.74) is 5.69. The molecule has 0 heterocycles. The minimum Gasteiger partial charge on any atom is -0.322 e. The minimum atomic E-state index is -3.50. The lowest BCUT2D eigenvalue weighted by Gasteiger charge is -2.22. The monoisotopic (exact) mass is 400 g/mol. The van der Waals surface area contributed by atoms with Crippen LogP contribution in [0.15, 0.2) is 36.4 Å². The molecule has 3 rings (SSSR count). The van der Waals surface area contributed by atoms with Gasteiger partial charge in [0.2, 0.25) is 10.0 Å². The first-order valence-corrected chi connectivity index (χ1v) is 11.1. The van der Waals surface area contributed by atoms with Crippen LogP contribution in [0.25, 0.3) is 0 Å². The van der Waals surface area contributed by atoms with Crippen molar-refractivity contribution in [2.45, 2.75) is 58.1 Å². The van der Waals surface area contributed by atoms with E-state index in [-0.39, 0.29) is 5.91 Å². The van der Waals surface area contributed by atoms with E-state index >= 15 is 0 Å². The van der Waals surface area contributed by atoms with Gasteiger partial charge in [-0.05, 0) is 100 Å². The molecule has 1 amide bonds. The summed E-state index contributed by atoms with van der Waals surface area (Å²) in [6.07, 6.45) is 4.38. The Kier molecular flexibility index (Phi) is 5.53. The van der Waals surface area contributed by atoms with Gasteiger partial charge in [-0.1, -0.05) is 6.07 Å². The predicted molar refractivity (Wildman–Crippen MR) is 115 cm³/mol. The Bertz CT molecular complexity index is 988. The van der Waals surface area contributed by atoms with E-state index in [4.69, 9.17) is 0 Å². The van der Waals surface area contributed by atoms with Gasteiger partial charge in [-0.3, -0.25) is 9.52 Å². The quantitative estimate of drug-likeness (QED) is 0.783. The van der Waals surface area contributed by atoms with Gasteiger partial charge in [0.15, 0.2) is 0 Å². The molecule has 0 spiro atoms. The van der Waals surface area contributed by atoms with Gasteiger partial charge in [0.05, 0.1) is 4.75 Å². The summed E-state index contributed by atoms with van der Waals surface area (Å²) >= 11 is 0. The van der Waals surface area contributed by atoms with Crippen molar-refractivity contribution >= 4 is 27.3 Å². The molecule has 2 N–H and O–H groups in total. The molecule has 5 nitrogen and oxygen atoms in total. The maximum Gasteiger partial charge on any atom is 0.255 e. The van der Waals surface area contributed by atoms with Crippen molar-refractivity contribution in [2.75, 3.05) is 10.0 Å². The van der Waals surface area contributed by atoms with Crippen LogP contribution in [0.5, 0.6) is 0 Å². The van der Waals surface area contributed by atoms with E-state index in [1.54, 1.807) is 45.0 Å². The summed E-state index contributed by atoms with van der Waals surface area (Å²) < 4.78 is 26.2. The van der Waals surface area contributed by atoms with Gasteiger partial charge in [0.1, 0.15) is 0 Å². The Labute approximate surface area is 167 Å². The fourth-order valence-electron chi connectivity index (χ4n) is 3.36. The van der Waals surface area contributed by atoms with Crippen molar-refractivity contribution in [3.8, 4) is 0 Å². The maximum absolute atomic E-state index is 12.7. The molecule has 150 valence electrons. The third-order valence-electron chi connectivity index (χ3n) is 5.22. The van der Waals surface area contributed by atoms with Crippen molar-refractivity contribution in [3.05, 3.63) is 58.7 Å². The highest BCUT2D eigenvalue weighted by Gasteiger charge is 2.28. The Morgan fingerprint density at radius 3 is 2.14 bits per heavy atom. The molecular weight excluding hydrogens is 372 g/mol. The lowest BCUT2D eigenvalue weighted by molar-refractivity contribution is 0.102. The second-order valence-electron chi connectivity index (χ2n) is 8.34. The summed E-state index contributed by atoms with van der Waals surface area (Å²) in [6, 6.07) is 10.5. The fourth-order valence-corrected chi connectivity index (χ4v) is 4.11. The van der Waals surface area contributed by atoms with Crippen LogP contribution in [0.2, 0.25) is 0 Å². The van der Waals surface area contributed by atoms with Crippen LogP contribution >= 0.6 is 0 Å². The summed E-state index contributed by atoms with van der Waals surface area (Å²) in [4.78, 5) is 12.7. The zero-order valence-corrected chi connectivity index (χ0v) is 17.7. The first kappa shape index (κ1) is 20.4. The number of hydrogen-bond donors (Lipinski definition) is 2. The van der Waals surface area contributed by atoms with Crippen molar-refractivity contribution in [1.29, 1.82) is 0 Å². The summed E-state index contributed by atoms with van der Waals surface area (Å²) in [5, 5.41) is 3.03. The second-order valence-corrected chi connectivity index (χ2v) is 10.8. The van der Waals surface area contributed by atoms with Gasteiger partial charge in [0, 0.05) is 16.9 Å². The minimum absolute atomic E-state index is 0.193. The Hall–Kier alpha value is -2.34. The molecule has 0 aliphatic heterocycles. The first-order chi connectivity index (χ1) is 13.1. The molecule has 0 radical (unpaired) electrons. The SMILES string of the molecule is Cc1ccc(NC(=O)c2ccc(NS(=O)(=O)C(C)(C)C)cc2)c2c1CCCC2. The predicted octanol–water partition coefficient (Wildman–Crippen LogP) is 4.67. The number of benzene rings is 2. The highest BCUT2D eigenvalue weighted by molar-refractivity contribution is 7.94. The molecule has 0 unspecified atom stereocenters. The highest BCUT2D eigenvalue weighted by Crippen LogP contribution is 2.31. The maximum atomic E-state index is 12.7. The number of aryl methyl sites for hydroxylation is 1. The topological polar surface area (TPSA) is 75.3 Å². The van der Waals surface area contributed by atoms with Crippen molar-refractivity contribution in [3.63, 3.8) is 0 Å². The van der Waals surface area contributed by atoms with E-state index in [1.165, 1.54) is 23.1 Å². The molecular formula is C22H28N2O3S. The summed E-state index contributed by atoms with van der Waals surface area (Å²) in [7, 11) is -3.50. The molecule has 0 saturated carbocycles. The molecule has 1 aliphatic rings. The number of sulfonamides is 1. The molecule has 0 fully saturated rings. The number of amides is 1. The molecule has 1 aliphatic carbocycles. The number of rotatable bonds is 4. The average Bonchev–Trinajstić information content (AvgIpc) is 2.63. The Morgan fingerprint density at radius 1 is 0.929 bits per heavy atom. The van der Waals surface area contributed by atoms with E-state index in [1.807, 2.05) is 6.07 Å². The molecule has 28 heavy (non-hydrogen) atoms. The fraction of sp³-hybridized carbons (Fsp3) is 0.409. The van der Waals surface area contributed by atoms with Crippen LogP contribution in [-0.4, -0.2) is 19.1 Å². The number of nitrogens with one attached hydrogen (secondary N) is 2. The highest BCUT2D eigenvalue weighted by atomic mass is 32.2. The molecule has 6 heteroatoms. The van der Waals surface area contributed by atoms with Gasteiger partial charge in [-0.15, -0.1) is 0 Å². The molecule has 0 atom stereocenters. The summed E-state index contributed by atoms with van der Waals surface area (Å²) in [5.74, 6) is -0.193. The van der Waals surface area contributed by atoms with E-state index in [9.17, 15) is 13.2 Å². The number of hydrogen-bond acceptors (Lipinski definition) is 3. The number of carbonyl (C=O) groups excluding carboxylic acids is 1. The van der Waals surface area contributed by atoms with Crippen LogP contribution in [0.4, 0.5) is 11.4 Å². The molecule has 0 bridgehead atoms. The van der Waals surface area contributed by atoms with Crippen molar-refractivity contribution < 1.29 is 13.2 Å². The zero-order valence-electron chi connectivity index (χ0n) is 16.9. The Balaban J connectivity index is 1.76. The van der Waals surface area contributed by atoms with E-state index in [0.717, 1.165) is 24.9 Å². The third-order valence-corrected chi connectivity index (χ3v) is 7.34. The normalized spacial score (nSPS) is 14.3. The number of carbonyl (C=O) groups is 1. The standard InChI is InChI=1S/C22H28N2O3S/c1-15-9-14-20(19-8-6-5-7-18(15)19)23-21(25)16-10-12-17(13-11-16)24-28(26,27)22(2,3)4/h9-14,24H,5-8H2,1-4H3,(H,23,25). The van der Waals surface area contributed by atoms with Gasteiger partial charge < -0.3 is 5.32 Å². The summed E-state index contributed by atoms with van der Waals surface area (Å²) in [6.45, 7) is 7.03. The van der Waals surface area contributed by atoms with E-state index in [2.05, 4.69) is 23.0 Å².